The molecule has 0 fully saturated rings. The molecular weight excluding hydrogens is 259 g/mol. The molecule has 1 aromatic heterocycles. The molecule has 20 heavy (non-hydrogen) atoms. The zero-order valence-corrected chi connectivity index (χ0v) is 11.4. The lowest BCUT2D eigenvalue weighted by Gasteiger charge is -2.17. The highest BCUT2D eigenvalue weighted by atomic mass is 19.1. The van der Waals surface area contributed by atoms with Crippen LogP contribution >= 0.6 is 0 Å². The van der Waals surface area contributed by atoms with E-state index in [4.69, 9.17) is 10.5 Å². The van der Waals surface area contributed by atoms with E-state index in [9.17, 15) is 4.39 Å². The number of nitrogen functional groups attached to an aromatic ring is 1. The van der Waals surface area contributed by atoms with Gasteiger partial charge in [0.1, 0.15) is 17.8 Å². The maximum atomic E-state index is 13.7. The molecule has 0 saturated heterocycles. The van der Waals surface area contributed by atoms with Gasteiger partial charge in [-0.05, 0) is 19.9 Å². The average Bonchev–Trinajstić information content (AvgIpc) is 2.44. The summed E-state index contributed by atoms with van der Waals surface area (Å²) in [6.45, 7) is 4.14. The lowest BCUT2D eigenvalue weighted by atomic mass is 10.1. The van der Waals surface area contributed by atoms with Crippen molar-refractivity contribution >= 4 is 11.5 Å². The first-order valence-electron chi connectivity index (χ1n) is 6.37. The molecule has 0 amide bonds. The summed E-state index contributed by atoms with van der Waals surface area (Å²) in [4.78, 5) is 8.02. The number of halogens is 1. The minimum Gasteiger partial charge on any atom is -0.476 e. The molecule has 3 N–H and O–H groups in total. The van der Waals surface area contributed by atoms with Gasteiger partial charge in [-0.3, -0.25) is 0 Å². The highest BCUT2D eigenvalue weighted by Crippen LogP contribution is 2.28. The molecule has 0 bridgehead atoms. The van der Waals surface area contributed by atoms with Gasteiger partial charge in [0.15, 0.2) is 5.82 Å². The highest BCUT2D eigenvalue weighted by Gasteiger charge is 2.14. The van der Waals surface area contributed by atoms with E-state index in [0.29, 0.717) is 29.6 Å². The summed E-state index contributed by atoms with van der Waals surface area (Å²) in [6.07, 6.45) is 1.36. The molecule has 2 rings (SSSR count). The van der Waals surface area contributed by atoms with E-state index in [2.05, 4.69) is 15.3 Å². The number of hydrogen-bond donors (Lipinski definition) is 2. The van der Waals surface area contributed by atoms with Gasteiger partial charge in [-0.2, -0.15) is 4.98 Å². The van der Waals surface area contributed by atoms with E-state index in [1.54, 1.807) is 18.2 Å². The summed E-state index contributed by atoms with van der Waals surface area (Å²) in [5, 5.41) is 3.07. The van der Waals surface area contributed by atoms with Gasteiger partial charge in [0, 0.05) is 5.56 Å². The first-order valence-corrected chi connectivity index (χ1v) is 6.37. The number of rotatable bonds is 5. The molecule has 0 spiro atoms. The molecular formula is C14H17FN4O. The summed E-state index contributed by atoms with van der Waals surface area (Å²) in [5.41, 5.74) is 6.79. The fourth-order valence-electron chi connectivity index (χ4n) is 1.86. The van der Waals surface area contributed by atoms with Crippen molar-refractivity contribution < 1.29 is 9.13 Å². The Balaban J connectivity index is 2.22. The monoisotopic (exact) mass is 276 g/mol. The summed E-state index contributed by atoms with van der Waals surface area (Å²) in [7, 11) is 0. The van der Waals surface area contributed by atoms with Crippen molar-refractivity contribution in [3.05, 3.63) is 42.0 Å². The van der Waals surface area contributed by atoms with Crippen LogP contribution in [0.5, 0.6) is 5.88 Å². The molecule has 0 radical (unpaired) electrons. The van der Waals surface area contributed by atoms with Crippen molar-refractivity contribution in [1.29, 1.82) is 0 Å². The fourth-order valence-corrected chi connectivity index (χ4v) is 1.86. The number of anilines is 2. The van der Waals surface area contributed by atoms with Crippen LogP contribution < -0.4 is 15.8 Å². The maximum absolute atomic E-state index is 13.7. The van der Waals surface area contributed by atoms with E-state index in [0.717, 1.165) is 0 Å². The third-order valence-electron chi connectivity index (χ3n) is 2.85. The number of benzene rings is 1. The topological polar surface area (TPSA) is 73.1 Å². The molecule has 0 aliphatic carbocycles. The largest absolute Gasteiger partial charge is 0.476 e. The summed E-state index contributed by atoms with van der Waals surface area (Å²) in [5.74, 6) is 0.482. The van der Waals surface area contributed by atoms with Gasteiger partial charge in [0.05, 0.1) is 12.6 Å². The van der Waals surface area contributed by atoms with E-state index >= 15 is 0 Å². The van der Waals surface area contributed by atoms with E-state index in [-0.39, 0.29) is 11.9 Å². The van der Waals surface area contributed by atoms with Crippen LogP contribution in [0.2, 0.25) is 0 Å². The van der Waals surface area contributed by atoms with Crippen LogP contribution in [0.25, 0.3) is 0 Å². The summed E-state index contributed by atoms with van der Waals surface area (Å²) in [6, 6.07) is 6.29. The molecule has 1 unspecified atom stereocenters. The van der Waals surface area contributed by atoms with Gasteiger partial charge in [0.25, 0.3) is 0 Å². The number of hydrogen-bond acceptors (Lipinski definition) is 5. The smallest absolute Gasteiger partial charge is 0.242 e. The Kier molecular flexibility index (Phi) is 4.34. The van der Waals surface area contributed by atoms with Crippen molar-refractivity contribution in [1.82, 2.24) is 9.97 Å². The van der Waals surface area contributed by atoms with Crippen molar-refractivity contribution in [3.63, 3.8) is 0 Å². The quantitative estimate of drug-likeness (QED) is 0.878. The molecule has 5 nitrogen and oxygen atoms in total. The van der Waals surface area contributed by atoms with Crippen LogP contribution in [-0.2, 0) is 0 Å². The molecule has 1 aromatic carbocycles. The van der Waals surface area contributed by atoms with Crippen molar-refractivity contribution in [2.75, 3.05) is 17.7 Å². The fraction of sp³-hybridized carbons (Fsp3) is 0.286. The Morgan fingerprint density at radius 3 is 2.80 bits per heavy atom. The van der Waals surface area contributed by atoms with Gasteiger partial charge in [-0.25, -0.2) is 9.37 Å². The van der Waals surface area contributed by atoms with Crippen LogP contribution in [0.15, 0.2) is 30.6 Å². The minimum atomic E-state index is -0.275. The third-order valence-corrected chi connectivity index (χ3v) is 2.85. The summed E-state index contributed by atoms with van der Waals surface area (Å²) < 4.78 is 19.0. The van der Waals surface area contributed by atoms with Gasteiger partial charge >= 0.3 is 0 Å². The van der Waals surface area contributed by atoms with Crippen molar-refractivity contribution in [2.45, 2.75) is 19.9 Å². The number of nitrogens with zero attached hydrogens (tertiary/aromatic N) is 2. The van der Waals surface area contributed by atoms with E-state index in [1.165, 1.54) is 12.4 Å². The molecule has 1 heterocycles. The van der Waals surface area contributed by atoms with Crippen LogP contribution in [0.4, 0.5) is 15.9 Å². The molecule has 0 aliphatic heterocycles. The Labute approximate surface area is 117 Å². The second kappa shape index (κ2) is 6.18. The lowest BCUT2D eigenvalue weighted by molar-refractivity contribution is 0.328. The van der Waals surface area contributed by atoms with Crippen LogP contribution in [0.1, 0.15) is 25.5 Å². The Morgan fingerprint density at radius 1 is 1.35 bits per heavy atom. The zero-order chi connectivity index (χ0) is 14.5. The Morgan fingerprint density at radius 2 is 2.10 bits per heavy atom. The summed E-state index contributed by atoms with van der Waals surface area (Å²) >= 11 is 0. The van der Waals surface area contributed by atoms with Crippen molar-refractivity contribution in [3.8, 4) is 5.88 Å². The first kappa shape index (κ1) is 14.0. The van der Waals surface area contributed by atoms with Gasteiger partial charge in [-0.1, -0.05) is 18.2 Å². The Hall–Kier alpha value is -2.37. The van der Waals surface area contributed by atoms with Crippen LogP contribution in [0.3, 0.4) is 0 Å². The van der Waals surface area contributed by atoms with Crippen molar-refractivity contribution in [2.24, 2.45) is 0 Å². The van der Waals surface area contributed by atoms with E-state index < -0.39 is 0 Å². The van der Waals surface area contributed by atoms with E-state index in [1.807, 2.05) is 13.8 Å². The predicted molar refractivity (Wildman–Crippen MR) is 76.1 cm³/mol. The SMILES string of the molecule is CCOc1ncnc(NC(C)c2ccccc2F)c1N. The van der Waals surface area contributed by atoms with Gasteiger partial charge in [0.2, 0.25) is 5.88 Å². The molecule has 1 atom stereocenters. The number of nitrogens with two attached hydrogens (primary N) is 1. The van der Waals surface area contributed by atoms with Crippen LogP contribution in [-0.4, -0.2) is 16.6 Å². The third kappa shape index (κ3) is 2.96. The number of aromatic nitrogens is 2. The molecule has 6 heteroatoms. The normalized spacial score (nSPS) is 11.9. The van der Waals surface area contributed by atoms with Gasteiger partial charge < -0.3 is 15.8 Å². The molecule has 0 saturated carbocycles. The minimum absolute atomic E-state index is 0.273. The standard InChI is InChI=1S/C14H17FN4O/c1-3-20-14-12(16)13(17-8-18-14)19-9(2)10-6-4-5-7-11(10)15/h4-9H,3,16H2,1-2H3,(H,17,18,19). The average molecular weight is 276 g/mol. The predicted octanol–water partition coefficient (Wildman–Crippen LogP) is 2.77. The zero-order valence-electron chi connectivity index (χ0n) is 11.4. The molecule has 0 aliphatic rings. The second-order valence-corrected chi connectivity index (χ2v) is 4.26. The lowest BCUT2D eigenvalue weighted by Crippen LogP contribution is -2.12. The number of nitrogens with one attached hydrogen (secondary N) is 1. The Bertz CT molecular complexity index is 591. The first-order chi connectivity index (χ1) is 9.63. The molecule has 106 valence electrons. The highest BCUT2D eigenvalue weighted by molar-refractivity contribution is 5.66. The van der Waals surface area contributed by atoms with Gasteiger partial charge in [-0.15, -0.1) is 0 Å². The van der Waals surface area contributed by atoms with Crippen LogP contribution in [0, 0.1) is 5.82 Å². The second-order valence-electron chi connectivity index (χ2n) is 4.26. The maximum Gasteiger partial charge on any atom is 0.242 e. The number of ether oxygens (including phenoxy) is 1. The molecule has 2 aromatic rings.